The third kappa shape index (κ3) is 3.66. The van der Waals surface area contributed by atoms with Crippen molar-refractivity contribution in [1.82, 2.24) is 5.32 Å². The molecule has 1 N–H and O–H groups in total. The maximum atomic E-state index is 3.71. The topological polar surface area (TPSA) is 12.0 Å². The van der Waals surface area contributed by atoms with Crippen LogP contribution >= 0.6 is 11.8 Å². The van der Waals surface area contributed by atoms with Crippen LogP contribution in [0.15, 0.2) is 0 Å². The average Bonchev–Trinajstić information content (AvgIpc) is 2.53. The van der Waals surface area contributed by atoms with E-state index >= 15 is 0 Å². The summed E-state index contributed by atoms with van der Waals surface area (Å²) in [4.78, 5) is 0. The summed E-state index contributed by atoms with van der Waals surface area (Å²) in [6.07, 6.45) is 4.09. The molecule has 0 aromatic heterocycles. The lowest BCUT2D eigenvalue weighted by molar-refractivity contribution is 0.290. The van der Waals surface area contributed by atoms with Crippen molar-refractivity contribution in [3.63, 3.8) is 0 Å². The van der Waals surface area contributed by atoms with Gasteiger partial charge in [0.05, 0.1) is 0 Å². The van der Waals surface area contributed by atoms with Crippen LogP contribution in [0.1, 0.15) is 53.9 Å². The first-order valence-corrected chi connectivity index (χ1v) is 7.91. The lowest BCUT2D eigenvalue weighted by atomic mass is 9.87. The summed E-state index contributed by atoms with van der Waals surface area (Å²) in [5, 5.41) is 4.54. The highest BCUT2D eigenvalue weighted by molar-refractivity contribution is 7.99. The van der Waals surface area contributed by atoms with Gasteiger partial charge in [-0.2, -0.15) is 11.8 Å². The molecule has 96 valence electrons. The quantitative estimate of drug-likeness (QED) is 0.758. The van der Waals surface area contributed by atoms with Crippen molar-refractivity contribution in [3.8, 4) is 0 Å². The highest BCUT2D eigenvalue weighted by Gasteiger charge is 2.41. The zero-order valence-electron chi connectivity index (χ0n) is 11.7. The number of rotatable bonds is 6. The molecule has 1 aliphatic rings. The molecule has 0 aromatic rings. The maximum Gasteiger partial charge on any atom is 0.0237 e. The summed E-state index contributed by atoms with van der Waals surface area (Å²) in [5.41, 5.74) is 0.489. The Morgan fingerprint density at radius 2 is 2.06 bits per heavy atom. The molecule has 1 rings (SSSR count). The number of thioether (sulfide) groups is 1. The Bertz CT molecular complexity index is 203. The van der Waals surface area contributed by atoms with Crippen LogP contribution in [0.25, 0.3) is 0 Å². The van der Waals surface area contributed by atoms with Crippen molar-refractivity contribution in [2.75, 3.05) is 12.3 Å². The Hall–Kier alpha value is 0.310. The molecule has 1 saturated carbocycles. The van der Waals surface area contributed by atoms with Crippen LogP contribution in [0, 0.1) is 11.3 Å². The van der Waals surface area contributed by atoms with Gasteiger partial charge in [0.1, 0.15) is 0 Å². The van der Waals surface area contributed by atoms with Gasteiger partial charge in [-0.05, 0) is 36.5 Å². The molecule has 0 spiro atoms. The summed E-state index contributed by atoms with van der Waals surface area (Å²) in [6, 6.07) is 0.714. The standard InChI is InChI=1S/C14H29NS/c1-6-11(3)10-16-12-8-9-14(4,5)13(12)15-7-2/h11-13,15H,6-10H2,1-5H3. The highest BCUT2D eigenvalue weighted by Crippen LogP contribution is 2.43. The normalized spacial score (nSPS) is 30.6. The summed E-state index contributed by atoms with van der Waals surface area (Å²) in [5.74, 6) is 2.20. The fraction of sp³-hybridized carbons (Fsp3) is 1.00. The van der Waals surface area contributed by atoms with Crippen molar-refractivity contribution in [1.29, 1.82) is 0 Å². The third-order valence-electron chi connectivity index (χ3n) is 4.00. The molecule has 1 nitrogen and oxygen atoms in total. The van der Waals surface area contributed by atoms with E-state index in [1.54, 1.807) is 0 Å². The first kappa shape index (κ1) is 14.4. The van der Waals surface area contributed by atoms with E-state index in [9.17, 15) is 0 Å². The van der Waals surface area contributed by atoms with Crippen LogP contribution < -0.4 is 5.32 Å². The molecule has 0 aliphatic heterocycles. The van der Waals surface area contributed by atoms with E-state index in [0.29, 0.717) is 11.5 Å². The van der Waals surface area contributed by atoms with E-state index in [1.165, 1.54) is 25.0 Å². The minimum atomic E-state index is 0.489. The molecular formula is C14H29NS. The lowest BCUT2D eigenvalue weighted by Gasteiger charge is -2.31. The van der Waals surface area contributed by atoms with Gasteiger partial charge in [0.2, 0.25) is 0 Å². The zero-order chi connectivity index (χ0) is 12.2. The number of hydrogen-bond donors (Lipinski definition) is 1. The van der Waals surface area contributed by atoms with E-state index in [1.807, 2.05) is 0 Å². The van der Waals surface area contributed by atoms with E-state index in [-0.39, 0.29) is 0 Å². The van der Waals surface area contributed by atoms with Crippen molar-refractivity contribution in [2.45, 2.75) is 65.2 Å². The Kier molecular flexibility index (Phi) is 5.66. The van der Waals surface area contributed by atoms with Gasteiger partial charge in [0.15, 0.2) is 0 Å². The van der Waals surface area contributed by atoms with E-state index < -0.39 is 0 Å². The van der Waals surface area contributed by atoms with Crippen molar-refractivity contribution in [3.05, 3.63) is 0 Å². The number of nitrogens with one attached hydrogen (secondary N) is 1. The molecule has 0 saturated heterocycles. The van der Waals surface area contributed by atoms with E-state index in [2.05, 4.69) is 51.7 Å². The minimum Gasteiger partial charge on any atom is -0.313 e. The molecule has 3 atom stereocenters. The second-order valence-corrected chi connectivity index (χ2v) is 7.22. The summed E-state index contributed by atoms with van der Waals surface area (Å²) < 4.78 is 0. The second kappa shape index (κ2) is 6.30. The average molecular weight is 243 g/mol. The van der Waals surface area contributed by atoms with Crippen LogP contribution in [0.3, 0.4) is 0 Å². The van der Waals surface area contributed by atoms with Gasteiger partial charge in [-0.25, -0.2) is 0 Å². The van der Waals surface area contributed by atoms with Gasteiger partial charge in [0.25, 0.3) is 0 Å². The molecule has 16 heavy (non-hydrogen) atoms. The van der Waals surface area contributed by atoms with Crippen molar-refractivity contribution in [2.24, 2.45) is 11.3 Å². The Morgan fingerprint density at radius 3 is 2.62 bits per heavy atom. The molecular weight excluding hydrogens is 214 g/mol. The molecule has 1 aliphatic carbocycles. The predicted octanol–water partition coefficient (Wildman–Crippen LogP) is 3.93. The fourth-order valence-electron chi connectivity index (χ4n) is 2.55. The van der Waals surface area contributed by atoms with Crippen LogP contribution in [0.4, 0.5) is 0 Å². The molecule has 2 heteroatoms. The maximum absolute atomic E-state index is 3.71. The van der Waals surface area contributed by atoms with Crippen LogP contribution in [-0.2, 0) is 0 Å². The van der Waals surface area contributed by atoms with E-state index in [0.717, 1.165) is 17.7 Å². The third-order valence-corrected chi connectivity index (χ3v) is 5.70. The first-order valence-electron chi connectivity index (χ1n) is 6.86. The summed E-state index contributed by atoms with van der Waals surface area (Å²) in [6.45, 7) is 12.8. The van der Waals surface area contributed by atoms with Gasteiger partial charge in [-0.15, -0.1) is 0 Å². The smallest absolute Gasteiger partial charge is 0.0237 e. The highest BCUT2D eigenvalue weighted by atomic mass is 32.2. The Morgan fingerprint density at radius 1 is 1.38 bits per heavy atom. The van der Waals surface area contributed by atoms with Crippen molar-refractivity contribution >= 4 is 11.8 Å². The molecule has 0 bridgehead atoms. The molecule has 0 heterocycles. The molecule has 0 radical (unpaired) electrons. The van der Waals surface area contributed by atoms with Gasteiger partial charge in [-0.1, -0.05) is 41.0 Å². The van der Waals surface area contributed by atoms with Gasteiger partial charge >= 0.3 is 0 Å². The van der Waals surface area contributed by atoms with Crippen LogP contribution in [0.5, 0.6) is 0 Å². The Labute approximate surface area is 106 Å². The summed E-state index contributed by atoms with van der Waals surface area (Å²) in [7, 11) is 0. The largest absolute Gasteiger partial charge is 0.313 e. The fourth-order valence-corrected chi connectivity index (χ4v) is 4.31. The van der Waals surface area contributed by atoms with Crippen LogP contribution in [0.2, 0.25) is 0 Å². The first-order chi connectivity index (χ1) is 7.51. The lowest BCUT2D eigenvalue weighted by Crippen LogP contribution is -2.43. The second-order valence-electron chi connectivity index (χ2n) is 5.95. The monoisotopic (exact) mass is 243 g/mol. The Balaban J connectivity index is 2.46. The molecule has 3 unspecified atom stereocenters. The van der Waals surface area contributed by atoms with Gasteiger partial charge in [0, 0.05) is 11.3 Å². The zero-order valence-corrected chi connectivity index (χ0v) is 12.5. The molecule has 0 aromatic carbocycles. The van der Waals surface area contributed by atoms with Crippen LogP contribution in [-0.4, -0.2) is 23.6 Å². The van der Waals surface area contributed by atoms with Gasteiger partial charge < -0.3 is 5.32 Å². The predicted molar refractivity (Wildman–Crippen MR) is 76.2 cm³/mol. The number of hydrogen-bond acceptors (Lipinski definition) is 2. The van der Waals surface area contributed by atoms with E-state index in [4.69, 9.17) is 0 Å². The minimum absolute atomic E-state index is 0.489. The SMILES string of the molecule is CCNC1C(SCC(C)CC)CCC1(C)C. The molecule has 0 amide bonds. The molecule has 1 fully saturated rings. The van der Waals surface area contributed by atoms with Crippen molar-refractivity contribution < 1.29 is 0 Å². The van der Waals surface area contributed by atoms with Gasteiger partial charge in [-0.3, -0.25) is 0 Å². The summed E-state index contributed by atoms with van der Waals surface area (Å²) >= 11 is 2.20.